The first-order valence-electron chi connectivity index (χ1n) is 13.6. The standard InChI is InChI=1S/C28H39N3O3/c1-2-34-27(33)31-13-5-7-21-16-23(17-25(21)31)29-14-11-28(12-15-29)19-30(26(32)20-9-10-20)18-22-6-3-4-8-24(22)28/h3-4,6,8,20-21,23,25H,2,5,7,9-19H2,1H3. The van der Waals surface area contributed by atoms with Crippen LogP contribution in [0, 0.1) is 11.8 Å². The molecule has 34 heavy (non-hydrogen) atoms. The number of hydrogen-bond donors (Lipinski definition) is 0. The van der Waals surface area contributed by atoms with E-state index in [0.717, 1.165) is 71.2 Å². The van der Waals surface area contributed by atoms with E-state index >= 15 is 0 Å². The molecule has 1 spiro atoms. The third-order valence-electron chi connectivity index (χ3n) is 9.46. The molecule has 3 aliphatic heterocycles. The molecule has 2 aliphatic carbocycles. The van der Waals surface area contributed by atoms with Gasteiger partial charge in [-0.25, -0.2) is 4.79 Å². The van der Waals surface area contributed by atoms with E-state index in [2.05, 4.69) is 34.1 Å². The van der Waals surface area contributed by atoms with Crippen molar-refractivity contribution >= 4 is 12.0 Å². The van der Waals surface area contributed by atoms with Gasteiger partial charge in [0.1, 0.15) is 0 Å². The number of carbonyl (C=O) groups excluding carboxylic acids is 2. The Hall–Kier alpha value is -2.08. The molecule has 0 N–H and O–H groups in total. The minimum absolute atomic E-state index is 0.0955. The maximum absolute atomic E-state index is 13.0. The predicted octanol–water partition coefficient (Wildman–Crippen LogP) is 4.17. The van der Waals surface area contributed by atoms with Crippen molar-refractivity contribution in [3.63, 3.8) is 0 Å². The number of amides is 2. The monoisotopic (exact) mass is 465 g/mol. The molecule has 3 unspecified atom stereocenters. The zero-order valence-electron chi connectivity index (χ0n) is 20.6. The Morgan fingerprint density at radius 2 is 1.85 bits per heavy atom. The van der Waals surface area contributed by atoms with Gasteiger partial charge in [0.15, 0.2) is 0 Å². The summed E-state index contributed by atoms with van der Waals surface area (Å²) in [5.74, 6) is 1.28. The summed E-state index contributed by atoms with van der Waals surface area (Å²) in [5, 5.41) is 0. The third kappa shape index (κ3) is 3.92. The molecule has 2 saturated heterocycles. The Morgan fingerprint density at radius 1 is 1.06 bits per heavy atom. The molecule has 2 amide bonds. The van der Waals surface area contributed by atoms with Gasteiger partial charge in [-0.05, 0) is 88.4 Å². The van der Waals surface area contributed by atoms with Crippen LogP contribution in [0.4, 0.5) is 4.79 Å². The zero-order valence-corrected chi connectivity index (χ0v) is 20.6. The Kier molecular flexibility index (Phi) is 5.83. The smallest absolute Gasteiger partial charge is 0.410 e. The van der Waals surface area contributed by atoms with E-state index in [9.17, 15) is 9.59 Å². The summed E-state index contributed by atoms with van der Waals surface area (Å²) in [6.45, 7) is 7.03. The normalized spacial score (nSPS) is 30.7. The highest BCUT2D eigenvalue weighted by Crippen LogP contribution is 2.46. The summed E-state index contributed by atoms with van der Waals surface area (Å²) in [6.07, 6.45) is 8.88. The fraction of sp³-hybridized carbons (Fsp3) is 0.714. The van der Waals surface area contributed by atoms with Gasteiger partial charge in [-0.1, -0.05) is 24.3 Å². The number of rotatable bonds is 3. The van der Waals surface area contributed by atoms with Crippen LogP contribution < -0.4 is 0 Å². The number of hydrogen-bond acceptors (Lipinski definition) is 4. The van der Waals surface area contributed by atoms with Crippen LogP contribution in [0.25, 0.3) is 0 Å². The van der Waals surface area contributed by atoms with E-state index < -0.39 is 0 Å². The summed E-state index contributed by atoms with van der Waals surface area (Å²) in [5.41, 5.74) is 2.94. The van der Waals surface area contributed by atoms with Gasteiger partial charge in [-0.3, -0.25) is 4.79 Å². The van der Waals surface area contributed by atoms with Gasteiger partial charge in [0, 0.05) is 43.1 Å². The lowest BCUT2D eigenvalue weighted by molar-refractivity contribution is -0.135. The Labute approximate surface area is 203 Å². The predicted molar refractivity (Wildman–Crippen MR) is 130 cm³/mol. The average molecular weight is 466 g/mol. The SMILES string of the molecule is CCOC(=O)N1CCCC2CC(N3CCC4(CC3)CN(C(=O)C3CC3)Cc3ccccc34)CC21. The first-order valence-corrected chi connectivity index (χ1v) is 13.6. The van der Waals surface area contributed by atoms with Crippen LogP contribution in [0.5, 0.6) is 0 Å². The summed E-state index contributed by atoms with van der Waals surface area (Å²) < 4.78 is 5.37. The molecule has 6 nitrogen and oxygen atoms in total. The van der Waals surface area contributed by atoms with E-state index in [4.69, 9.17) is 4.74 Å². The van der Waals surface area contributed by atoms with Crippen LogP contribution >= 0.6 is 0 Å². The van der Waals surface area contributed by atoms with Gasteiger partial charge in [0.05, 0.1) is 6.61 Å². The molecule has 2 saturated carbocycles. The average Bonchev–Trinajstić information content (AvgIpc) is 3.62. The van der Waals surface area contributed by atoms with E-state index in [1.54, 1.807) is 0 Å². The Balaban J connectivity index is 1.15. The molecule has 3 heterocycles. The maximum atomic E-state index is 13.0. The molecule has 3 atom stereocenters. The first kappa shape index (κ1) is 22.4. The van der Waals surface area contributed by atoms with Crippen molar-refractivity contribution in [1.82, 2.24) is 14.7 Å². The number of piperidine rings is 2. The number of likely N-dealkylation sites (tertiary alicyclic amines) is 2. The van der Waals surface area contributed by atoms with Crippen molar-refractivity contribution in [2.24, 2.45) is 11.8 Å². The van der Waals surface area contributed by atoms with Crippen LogP contribution in [-0.2, 0) is 21.5 Å². The topological polar surface area (TPSA) is 53.1 Å². The molecule has 5 aliphatic rings. The second-order valence-corrected chi connectivity index (χ2v) is 11.4. The van der Waals surface area contributed by atoms with Gasteiger partial charge in [-0.15, -0.1) is 0 Å². The minimum Gasteiger partial charge on any atom is -0.450 e. The Morgan fingerprint density at radius 3 is 2.62 bits per heavy atom. The summed E-state index contributed by atoms with van der Waals surface area (Å²) in [4.78, 5) is 32.5. The molecule has 1 aromatic carbocycles. The van der Waals surface area contributed by atoms with Crippen LogP contribution in [0.15, 0.2) is 24.3 Å². The lowest BCUT2D eigenvalue weighted by atomic mass is 9.68. The fourth-order valence-corrected chi connectivity index (χ4v) is 7.56. The number of fused-ring (bicyclic) bond motifs is 3. The molecule has 0 aromatic heterocycles. The molecule has 6 rings (SSSR count). The van der Waals surface area contributed by atoms with Crippen LogP contribution in [-0.4, -0.2) is 71.6 Å². The van der Waals surface area contributed by atoms with Gasteiger partial charge < -0.3 is 19.4 Å². The molecule has 1 aromatic rings. The Bertz CT molecular complexity index is 937. The number of benzene rings is 1. The fourth-order valence-electron chi connectivity index (χ4n) is 7.56. The van der Waals surface area contributed by atoms with Crippen molar-refractivity contribution in [2.75, 3.05) is 32.8 Å². The van der Waals surface area contributed by atoms with Crippen LogP contribution in [0.3, 0.4) is 0 Å². The van der Waals surface area contributed by atoms with E-state index in [0.29, 0.717) is 30.5 Å². The molecular formula is C28H39N3O3. The first-order chi connectivity index (χ1) is 16.6. The zero-order chi connectivity index (χ0) is 23.3. The van der Waals surface area contributed by atoms with Crippen LogP contribution in [0.1, 0.15) is 69.4 Å². The highest BCUT2D eigenvalue weighted by atomic mass is 16.6. The van der Waals surface area contributed by atoms with Crippen molar-refractivity contribution in [3.05, 3.63) is 35.4 Å². The summed E-state index contributed by atoms with van der Waals surface area (Å²) >= 11 is 0. The maximum Gasteiger partial charge on any atom is 0.410 e. The van der Waals surface area contributed by atoms with Crippen LogP contribution in [0.2, 0.25) is 0 Å². The second kappa shape index (κ2) is 8.85. The summed E-state index contributed by atoms with van der Waals surface area (Å²) in [6, 6.07) is 9.77. The quantitative estimate of drug-likeness (QED) is 0.672. The molecule has 0 bridgehead atoms. The highest BCUT2D eigenvalue weighted by molar-refractivity contribution is 5.81. The third-order valence-corrected chi connectivity index (χ3v) is 9.46. The lowest BCUT2D eigenvalue weighted by Crippen LogP contribution is -2.54. The molecule has 4 fully saturated rings. The van der Waals surface area contributed by atoms with E-state index in [1.807, 2.05) is 11.8 Å². The van der Waals surface area contributed by atoms with Crippen molar-refractivity contribution in [2.45, 2.75) is 82.3 Å². The molecular weight excluding hydrogens is 426 g/mol. The highest BCUT2D eigenvalue weighted by Gasteiger charge is 2.48. The lowest BCUT2D eigenvalue weighted by Gasteiger charge is -2.50. The largest absolute Gasteiger partial charge is 0.450 e. The van der Waals surface area contributed by atoms with E-state index in [1.165, 1.54) is 24.0 Å². The molecule has 0 radical (unpaired) electrons. The van der Waals surface area contributed by atoms with Gasteiger partial charge >= 0.3 is 6.09 Å². The molecule has 6 heteroatoms. The number of carbonyl (C=O) groups is 2. The second-order valence-electron chi connectivity index (χ2n) is 11.4. The van der Waals surface area contributed by atoms with Crippen molar-refractivity contribution in [1.29, 1.82) is 0 Å². The van der Waals surface area contributed by atoms with Crippen molar-refractivity contribution < 1.29 is 14.3 Å². The van der Waals surface area contributed by atoms with Gasteiger partial charge in [-0.2, -0.15) is 0 Å². The number of nitrogens with zero attached hydrogens (tertiary/aromatic N) is 3. The van der Waals surface area contributed by atoms with Crippen molar-refractivity contribution in [3.8, 4) is 0 Å². The molecule has 184 valence electrons. The van der Waals surface area contributed by atoms with E-state index in [-0.39, 0.29) is 17.4 Å². The van der Waals surface area contributed by atoms with Gasteiger partial charge in [0.2, 0.25) is 5.91 Å². The minimum atomic E-state index is -0.116. The number of ether oxygens (including phenoxy) is 1. The summed E-state index contributed by atoms with van der Waals surface area (Å²) in [7, 11) is 0. The van der Waals surface area contributed by atoms with Gasteiger partial charge in [0.25, 0.3) is 0 Å².